The third kappa shape index (κ3) is 2.94. The Bertz CT molecular complexity index is 757. The van der Waals surface area contributed by atoms with Gasteiger partial charge in [-0.25, -0.2) is 12.8 Å². The number of carbonyl (C=O) groups excluding carboxylic acids is 2. The molecule has 2 fully saturated rings. The van der Waals surface area contributed by atoms with E-state index in [1.165, 1.54) is 23.5 Å². The molecular formula is C15H18FN3O4S. The van der Waals surface area contributed by atoms with E-state index in [0.717, 1.165) is 17.0 Å². The highest BCUT2D eigenvalue weighted by molar-refractivity contribution is 7.89. The maximum atomic E-state index is 13.0. The summed E-state index contributed by atoms with van der Waals surface area (Å²) in [6.07, 6.45) is 0.139. The van der Waals surface area contributed by atoms with Crippen LogP contribution >= 0.6 is 0 Å². The number of benzene rings is 1. The van der Waals surface area contributed by atoms with Gasteiger partial charge >= 0.3 is 0 Å². The number of imide groups is 1. The summed E-state index contributed by atoms with van der Waals surface area (Å²) < 4.78 is 39.4. The van der Waals surface area contributed by atoms with Crippen LogP contribution in [0.5, 0.6) is 0 Å². The second kappa shape index (κ2) is 6.23. The summed E-state index contributed by atoms with van der Waals surface area (Å²) in [5.74, 6) is -0.950. The molecule has 1 atom stereocenters. The molecule has 130 valence electrons. The lowest BCUT2D eigenvalue weighted by Crippen LogP contribution is -2.53. The molecule has 1 aromatic rings. The molecule has 0 N–H and O–H groups in total. The van der Waals surface area contributed by atoms with E-state index in [1.807, 2.05) is 4.90 Å². The van der Waals surface area contributed by atoms with Crippen LogP contribution in [-0.4, -0.2) is 73.6 Å². The van der Waals surface area contributed by atoms with Crippen LogP contribution in [0, 0.1) is 5.82 Å². The van der Waals surface area contributed by atoms with Gasteiger partial charge in [0.15, 0.2) is 0 Å². The summed E-state index contributed by atoms with van der Waals surface area (Å²) in [7, 11) is -2.22. The molecule has 0 aromatic heterocycles. The van der Waals surface area contributed by atoms with E-state index in [4.69, 9.17) is 0 Å². The van der Waals surface area contributed by atoms with Gasteiger partial charge < -0.3 is 0 Å². The molecule has 0 saturated carbocycles. The Morgan fingerprint density at radius 2 is 1.62 bits per heavy atom. The lowest BCUT2D eigenvalue weighted by molar-refractivity contribution is -0.138. The highest BCUT2D eigenvalue weighted by Crippen LogP contribution is 2.22. The first-order chi connectivity index (χ1) is 11.3. The molecule has 2 aliphatic heterocycles. The van der Waals surface area contributed by atoms with Gasteiger partial charge in [0.2, 0.25) is 21.8 Å². The minimum Gasteiger partial charge on any atom is -0.289 e. The van der Waals surface area contributed by atoms with Gasteiger partial charge in [-0.15, -0.1) is 0 Å². The van der Waals surface area contributed by atoms with Crippen molar-refractivity contribution in [1.82, 2.24) is 14.1 Å². The molecule has 9 heteroatoms. The van der Waals surface area contributed by atoms with E-state index < -0.39 is 21.9 Å². The maximum Gasteiger partial charge on any atom is 0.246 e. The van der Waals surface area contributed by atoms with Gasteiger partial charge in [0.05, 0.1) is 17.4 Å². The van der Waals surface area contributed by atoms with Gasteiger partial charge in [-0.1, -0.05) is 0 Å². The molecule has 7 nitrogen and oxygen atoms in total. The number of rotatable bonds is 3. The summed E-state index contributed by atoms with van der Waals surface area (Å²) in [5.41, 5.74) is 0. The molecule has 2 heterocycles. The fourth-order valence-corrected chi connectivity index (χ4v) is 4.45. The van der Waals surface area contributed by atoms with Gasteiger partial charge in [-0.05, 0) is 24.3 Å². The van der Waals surface area contributed by atoms with Crippen LogP contribution in [0.3, 0.4) is 0 Å². The summed E-state index contributed by atoms with van der Waals surface area (Å²) >= 11 is 0. The fourth-order valence-electron chi connectivity index (χ4n) is 3.03. The summed E-state index contributed by atoms with van der Waals surface area (Å²) in [4.78, 5) is 26.7. The minimum atomic E-state index is -3.68. The van der Waals surface area contributed by atoms with Crippen LogP contribution in [0.4, 0.5) is 4.39 Å². The lowest BCUT2D eigenvalue weighted by atomic mass is 10.2. The summed E-state index contributed by atoms with van der Waals surface area (Å²) in [6.45, 7) is 1.19. The van der Waals surface area contributed by atoms with E-state index in [0.29, 0.717) is 13.1 Å². The monoisotopic (exact) mass is 355 g/mol. The van der Waals surface area contributed by atoms with Crippen LogP contribution in [0.2, 0.25) is 0 Å². The molecule has 2 amide bonds. The van der Waals surface area contributed by atoms with Crippen molar-refractivity contribution >= 4 is 21.8 Å². The molecule has 2 saturated heterocycles. The average Bonchev–Trinajstić information content (AvgIpc) is 2.83. The summed E-state index contributed by atoms with van der Waals surface area (Å²) in [6, 6.07) is 4.21. The molecule has 0 bridgehead atoms. The Labute approximate surface area is 139 Å². The average molecular weight is 355 g/mol. The molecule has 3 rings (SSSR count). The van der Waals surface area contributed by atoms with Crippen molar-refractivity contribution in [2.24, 2.45) is 0 Å². The third-order valence-electron chi connectivity index (χ3n) is 4.52. The van der Waals surface area contributed by atoms with Crippen molar-refractivity contribution in [3.05, 3.63) is 30.1 Å². The van der Waals surface area contributed by atoms with E-state index in [9.17, 15) is 22.4 Å². The normalized spacial score (nSPS) is 23.9. The number of piperazine rings is 1. The molecule has 0 aliphatic carbocycles. The molecular weight excluding hydrogens is 337 g/mol. The predicted octanol–water partition coefficient (Wildman–Crippen LogP) is -0.111. The maximum absolute atomic E-state index is 13.0. The van der Waals surface area contributed by atoms with Gasteiger partial charge in [-0.3, -0.25) is 19.4 Å². The number of halogens is 1. The Hall–Kier alpha value is -1.84. The number of sulfonamides is 1. The molecule has 1 aromatic carbocycles. The molecule has 24 heavy (non-hydrogen) atoms. The van der Waals surface area contributed by atoms with Crippen molar-refractivity contribution in [1.29, 1.82) is 0 Å². The fraction of sp³-hybridized carbons (Fsp3) is 0.467. The molecule has 0 radical (unpaired) electrons. The number of carbonyl (C=O) groups is 2. The number of likely N-dealkylation sites (tertiary alicyclic amines) is 1. The van der Waals surface area contributed by atoms with E-state index in [-0.39, 0.29) is 36.2 Å². The quantitative estimate of drug-likeness (QED) is 0.707. The predicted molar refractivity (Wildman–Crippen MR) is 82.9 cm³/mol. The van der Waals surface area contributed by atoms with Crippen molar-refractivity contribution in [2.45, 2.75) is 17.4 Å². The molecule has 1 unspecified atom stereocenters. The Morgan fingerprint density at radius 3 is 2.12 bits per heavy atom. The Balaban J connectivity index is 1.68. The smallest absolute Gasteiger partial charge is 0.246 e. The highest BCUT2D eigenvalue weighted by Gasteiger charge is 2.41. The van der Waals surface area contributed by atoms with Crippen LogP contribution in [0.25, 0.3) is 0 Å². The zero-order valence-electron chi connectivity index (χ0n) is 13.2. The lowest BCUT2D eigenvalue weighted by Gasteiger charge is -2.36. The van der Waals surface area contributed by atoms with Crippen molar-refractivity contribution in [2.75, 3.05) is 33.2 Å². The van der Waals surface area contributed by atoms with Crippen molar-refractivity contribution in [3.8, 4) is 0 Å². The second-order valence-electron chi connectivity index (χ2n) is 5.90. The van der Waals surface area contributed by atoms with Gasteiger partial charge in [0.25, 0.3) is 0 Å². The van der Waals surface area contributed by atoms with E-state index in [2.05, 4.69) is 0 Å². The SMILES string of the molecule is CN1C(=O)CC(N2CCN(S(=O)(=O)c3ccc(F)cc3)CC2)C1=O. The standard InChI is InChI=1S/C15H18FN3O4S/c1-17-14(20)10-13(15(17)21)18-6-8-19(9-7-18)24(22,23)12-4-2-11(16)3-5-12/h2-5,13H,6-10H2,1H3. The van der Waals surface area contributed by atoms with Crippen LogP contribution in [0.1, 0.15) is 6.42 Å². The molecule has 0 spiro atoms. The van der Waals surface area contributed by atoms with Crippen molar-refractivity contribution in [3.63, 3.8) is 0 Å². The Kier molecular flexibility index (Phi) is 4.41. The summed E-state index contributed by atoms with van der Waals surface area (Å²) in [5, 5.41) is 0. The third-order valence-corrected chi connectivity index (χ3v) is 6.44. The first kappa shape index (κ1) is 17.0. The second-order valence-corrected chi connectivity index (χ2v) is 7.84. The number of likely N-dealkylation sites (N-methyl/N-ethyl adjacent to an activating group) is 1. The van der Waals surface area contributed by atoms with Gasteiger partial charge in [0.1, 0.15) is 5.82 Å². The number of amides is 2. The molecule has 2 aliphatic rings. The first-order valence-corrected chi connectivity index (χ1v) is 9.05. The van der Waals surface area contributed by atoms with E-state index >= 15 is 0 Å². The highest BCUT2D eigenvalue weighted by atomic mass is 32.2. The van der Waals surface area contributed by atoms with Crippen LogP contribution in [-0.2, 0) is 19.6 Å². The zero-order chi connectivity index (χ0) is 17.5. The topological polar surface area (TPSA) is 78.0 Å². The van der Waals surface area contributed by atoms with Gasteiger partial charge in [0, 0.05) is 33.2 Å². The van der Waals surface area contributed by atoms with Crippen LogP contribution in [0.15, 0.2) is 29.2 Å². The minimum absolute atomic E-state index is 0.0456. The van der Waals surface area contributed by atoms with E-state index in [1.54, 1.807) is 0 Å². The van der Waals surface area contributed by atoms with Crippen LogP contribution < -0.4 is 0 Å². The van der Waals surface area contributed by atoms with Crippen molar-refractivity contribution < 1.29 is 22.4 Å². The van der Waals surface area contributed by atoms with Gasteiger partial charge in [-0.2, -0.15) is 4.31 Å². The number of nitrogens with zero attached hydrogens (tertiary/aromatic N) is 3. The number of hydrogen-bond acceptors (Lipinski definition) is 5. The largest absolute Gasteiger partial charge is 0.289 e. The zero-order valence-corrected chi connectivity index (χ0v) is 14.0. The number of hydrogen-bond donors (Lipinski definition) is 0. The Morgan fingerprint density at radius 1 is 1.04 bits per heavy atom. The first-order valence-electron chi connectivity index (χ1n) is 7.61.